The molecule has 0 radical (unpaired) electrons. The van der Waals surface area contributed by atoms with Crippen LogP contribution >= 0.6 is 0 Å². The maximum Gasteiger partial charge on any atom is 0.213 e. The van der Waals surface area contributed by atoms with E-state index < -0.39 is 21.7 Å². The third-order valence-electron chi connectivity index (χ3n) is 5.54. The monoisotopic (exact) mass is 437 g/mol. The highest BCUT2D eigenvalue weighted by Gasteiger charge is 2.31. The Labute approximate surface area is 183 Å². The summed E-state index contributed by atoms with van der Waals surface area (Å²) in [6.07, 6.45) is 1.01. The summed E-state index contributed by atoms with van der Waals surface area (Å²) in [5.74, 6) is -0.628. The lowest BCUT2D eigenvalue weighted by atomic mass is 9.83. The van der Waals surface area contributed by atoms with Crippen molar-refractivity contribution in [2.24, 2.45) is 5.14 Å². The molecule has 0 saturated carbocycles. The lowest BCUT2D eigenvalue weighted by Gasteiger charge is -2.28. The SMILES string of the molecule is CC(C)(C[C@H](Cc1cccc(F)n1)c1ccccc1-c1noc2ccccc12)S(N)=O. The highest BCUT2D eigenvalue weighted by Crippen LogP contribution is 2.38. The smallest absolute Gasteiger partial charge is 0.213 e. The van der Waals surface area contributed by atoms with Crippen molar-refractivity contribution >= 4 is 22.0 Å². The number of para-hydroxylation sites is 1. The normalized spacial score (nSPS) is 13.9. The summed E-state index contributed by atoms with van der Waals surface area (Å²) in [5, 5.41) is 11.0. The van der Waals surface area contributed by atoms with Gasteiger partial charge in [-0.3, -0.25) is 5.14 Å². The van der Waals surface area contributed by atoms with Crippen molar-refractivity contribution in [2.45, 2.75) is 37.4 Å². The molecule has 0 aliphatic heterocycles. The standard InChI is InChI=1S/C24H24FN3O2S/c1-24(2,31(26)29)15-16(14-17-8-7-13-22(25)27-17)18-9-3-4-10-19(18)23-20-11-5-6-12-21(20)30-28-23/h3-13,16H,14-15,26H2,1-2H3/t16-,31?/m0/s1. The average molecular weight is 438 g/mol. The van der Waals surface area contributed by atoms with Crippen molar-refractivity contribution in [3.05, 3.63) is 83.9 Å². The van der Waals surface area contributed by atoms with E-state index in [1.165, 1.54) is 6.07 Å². The first-order chi connectivity index (χ1) is 14.8. The zero-order valence-electron chi connectivity index (χ0n) is 17.4. The number of rotatable bonds is 7. The van der Waals surface area contributed by atoms with E-state index >= 15 is 0 Å². The molecule has 0 bridgehead atoms. The van der Waals surface area contributed by atoms with Crippen molar-refractivity contribution in [3.63, 3.8) is 0 Å². The minimum absolute atomic E-state index is 0.108. The van der Waals surface area contributed by atoms with Crippen LogP contribution in [0.25, 0.3) is 22.2 Å². The summed E-state index contributed by atoms with van der Waals surface area (Å²) in [6, 6.07) is 20.4. The maximum absolute atomic E-state index is 13.8. The molecule has 0 amide bonds. The minimum Gasteiger partial charge on any atom is -0.356 e. The number of nitrogens with two attached hydrogens (primary N) is 1. The van der Waals surface area contributed by atoms with E-state index in [1.807, 2.05) is 62.4 Å². The van der Waals surface area contributed by atoms with Gasteiger partial charge in [-0.25, -0.2) is 9.19 Å². The Kier molecular flexibility index (Phi) is 5.98. The molecule has 0 aliphatic carbocycles. The van der Waals surface area contributed by atoms with Crippen LogP contribution in [0.3, 0.4) is 0 Å². The van der Waals surface area contributed by atoms with Crippen molar-refractivity contribution < 1.29 is 13.1 Å². The van der Waals surface area contributed by atoms with Crippen LogP contribution in [0.1, 0.15) is 37.4 Å². The van der Waals surface area contributed by atoms with Crippen LogP contribution in [0, 0.1) is 5.95 Å². The van der Waals surface area contributed by atoms with Gasteiger partial charge in [-0.15, -0.1) is 0 Å². The second kappa shape index (κ2) is 8.69. The van der Waals surface area contributed by atoms with E-state index in [-0.39, 0.29) is 5.92 Å². The van der Waals surface area contributed by atoms with E-state index in [0.717, 1.165) is 22.2 Å². The molecule has 7 heteroatoms. The largest absolute Gasteiger partial charge is 0.356 e. The average Bonchev–Trinajstić information content (AvgIpc) is 3.17. The fourth-order valence-corrected chi connectivity index (χ4v) is 4.30. The minimum atomic E-state index is -1.53. The van der Waals surface area contributed by atoms with Gasteiger partial charge in [0.1, 0.15) is 5.69 Å². The fourth-order valence-electron chi connectivity index (χ4n) is 3.93. The Balaban J connectivity index is 1.82. The summed E-state index contributed by atoms with van der Waals surface area (Å²) in [5.41, 5.74) is 4.01. The van der Waals surface area contributed by atoms with Gasteiger partial charge in [0.05, 0.1) is 15.7 Å². The molecule has 2 heterocycles. The molecular weight excluding hydrogens is 413 g/mol. The van der Waals surface area contributed by atoms with Gasteiger partial charge < -0.3 is 4.52 Å². The molecule has 2 N–H and O–H groups in total. The maximum atomic E-state index is 13.8. The molecule has 2 aromatic carbocycles. The summed E-state index contributed by atoms with van der Waals surface area (Å²) < 4.78 is 30.9. The van der Waals surface area contributed by atoms with Gasteiger partial charge in [0, 0.05) is 16.6 Å². The van der Waals surface area contributed by atoms with Crippen LogP contribution in [-0.2, 0) is 17.4 Å². The van der Waals surface area contributed by atoms with E-state index in [2.05, 4.69) is 10.1 Å². The number of hydrogen-bond donors (Lipinski definition) is 1. The Morgan fingerprint density at radius 1 is 1.06 bits per heavy atom. The Morgan fingerprint density at radius 2 is 1.81 bits per heavy atom. The van der Waals surface area contributed by atoms with E-state index in [1.54, 1.807) is 12.1 Å². The predicted octanol–water partition coefficient (Wildman–Crippen LogP) is 5.15. The summed E-state index contributed by atoms with van der Waals surface area (Å²) in [7, 11) is -1.53. The molecule has 4 rings (SSSR count). The molecule has 4 aromatic rings. The van der Waals surface area contributed by atoms with Crippen LogP contribution in [0.15, 0.2) is 71.3 Å². The zero-order chi connectivity index (χ0) is 22.0. The fraction of sp³-hybridized carbons (Fsp3) is 0.250. The van der Waals surface area contributed by atoms with Gasteiger partial charge in [-0.2, -0.15) is 4.39 Å². The van der Waals surface area contributed by atoms with Gasteiger partial charge >= 0.3 is 0 Å². The zero-order valence-corrected chi connectivity index (χ0v) is 18.2. The number of nitrogens with zero attached hydrogens (tertiary/aromatic N) is 2. The Bertz CT molecular complexity index is 1240. The molecule has 1 unspecified atom stereocenters. The van der Waals surface area contributed by atoms with Crippen LogP contribution in [0.2, 0.25) is 0 Å². The summed E-state index contributed by atoms with van der Waals surface area (Å²) >= 11 is 0. The van der Waals surface area contributed by atoms with E-state index in [4.69, 9.17) is 9.66 Å². The van der Waals surface area contributed by atoms with Gasteiger partial charge in [0.2, 0.25) is 5.95 Å². The lowest BCUT2D eigenvalue weighted by Crippen LogP contribution is -2.34. The molecule has 0 spiro atoms. The summed E-state index contributed by atoms with van der Waals surface area (Å²) in [4.78, 5) is 4.05. The first-order valence-electron chi connectivity index (χ1n) is 10.1. The van der Waals surface area contributed by atoms with Crippen LogP contribution < -0.4 is 5.14 Å². The number of halogens is 1. The van der Waals surface area contributed by atoms with E-state index in [9.17, 15) is 8.60 Å². The highest BCUT2D eigenvalue weighted by molar-refractivity contribution is 7.84. The number of benzene rings is 2. The second-order valence-corrected chi connectivity index (χ2v) is 9.93. The van der Waals surface area contributed by atoms with Crippen LogP contribution in [-0.4, -0.2) is 19.1 Å². The highest BCUT2D eigenvalue weighted by atomic mass is 32.2. The second-order valence-electron chi connectivity index (χ2n) is 8.23. The van der Waals surface area contributed by atoms with Gasteiger partial charge in [0.15, 0.2) is 5.58 Å². The topological polar surface area (TPSA) is 82.0 Å². The van der Waals surface area contributed by atoms with Gasteiger partial charge in [0.25, 0.3) is 0 Å². The Hall–Kier alpha value is -2.90. The predicted molar refractivity (Wildman–Crippen MR) is 121 cm³/mol. The van der Waals surface area contributed by atoms with Crippen LogP contribution in [0.5, 0.6) is 0 Å². The number of fused-ring (bicyclic) bond motifs is 1. The van der Waals surface area contributed by atoms with E-state index in [0.29, 0.717) is 24.1 Å². The molecule has 31 heavy (non-hydrogen) atoms. The first kappa shape index (κ1) is 21.3. The van der Waals surface area contributed by atoms with Crippen molar-refractivity contribution in [3.8, 4) is 11.3 Å². The van der Waals surface area contributed by atoms with Crippen molar-refractivity contribution in [1.82, 2.24) is 10.1 Å². The van der Waals surface area contributed by atoms with Crippen molar-refractivity contribution in [2.75, 3.05) is 0 Å². The third-order valence-corrected chi connectivity index (χ3v) is 6.80. The first-order valence-corrected chi connectivity index (χ1v) is 11.3. The molecule has 0 saturated heterocycles. The molecular formula is C24H24FN3O2S. The third kappa shape index (κ3) is 4.57. The van der Waals surface area contributed by atoms with Gasteiger partial charge in [-0.1, -0.05) is 47.6 Å². The lowest BCUT2D eigenvalue weighted by molar-refractivity contribution is 0.459. The molecule has 160 valence electrons. The van der Waals surface area contributed by atoms with Crippen molar-refractivity contribution in [1.29, 1.82) is 0 Å². The molecule has 5 nitrogen and oxygen atoms in total. The quantitative estimate of drug-likeness (QED) is 0.406. The molecule has 2 atom stereocenters. The summed E-state index contributed by atoms with van der Waals surface area (Å²) in [6.45, 7) is 3.76. The number of hydrogen-bond acceptors (Lipinski definition) is 4. The van der Waals surface area contributed by atoms with Crippen LogP contribution in [0.4, 0.5) is 4.39 Å². The Morgan fingerprint density at radius 3 is 2.58 bits per heavy atom. The van der Waals surface area contributed by atoms with Gasteiger partial charge in [-0.05, 0) is 62.4 Å². The molecule has 0 fully saturated rings. The number of pyridine rings is 1. The number of aromatic nitrogens is 2. The molecule has 2 aromatic heterocycles. The molecule has 0 aliphatic rings.